The Balaban J connectivity index is 1.41. The third-order valence-corrected chi connectivity index (χ3v) is 8.77. The molecular formula is C44H28O. The topological polar surface area (TPSA) is 13.1 Å². The number of rotatable bonds is 4. The number of hydrogen-bond acceptors (Lipinski definition) is 1. The van der Waals surface area contributed by atoms with Gasteiger partial charge in [0.15, 0.2) is 0 Å². The second-order valence-corrected chi connectivity index (χ2v) is 11.3. The lowest BCUT2D eigenvalue weighted by atomic mass is 9.86. The molecule has 0 aliphatic carbocycles. The summed E-state index contributed by atoms with van der Waals surface area (Å²) in [6, 6.07) is 46.1. The van der Waals surface area contributed by atoms with Crippen molar-refractivity contribution in [1.29, 1.82) is 0 Å². The monoisotopic (exact) mass is 577 g/mol. The lowest BCUT2D eigenvalue weighted by molar-refractivity contribution is 0.671. The van der Waals surface area contributed by atoms with E-state index in [-0.39, 0.29) is 29.7 Å². The molecule has 0 amide bonds. The van der Waals surface area contributed by atoms with Crippen LogP contribution in [-0.2, 0) is 0 Å². The summed E-state index contributed by atoms with van der Waals surface area (Å²) in [6.07, 6.45) is 0. The molecule has 0 atom stereocenters. The first-order valence-electron chi connectivity index (χ1n) is 17.5. The van der Waals surface area contributed by atoms with Crippen LogP contribution < -0.4 is 0 Å². The van der Waals surface area contributed by atoms with Crippen molar-refractivity contribution < 1.29 is 11.3 Å². The molecule has 1 aromatic heterocycles. The van der Waals surface area contributed by atoms with Crippen molar-refractivity contribution in [2.24, 2.45) is 0 Å². The van der Waals surface area contributed by atoms with Gasteiger partial charge in [-0.2, -0.15) is 0 Å². The molecule has 0 aliphatic rings. The highest BCUT2D eigenvalue weighted by molar-refractivity contribution is 6.23. The number of hydrogen-bond donors (Lipinski definition) is 0. The van der Waals surface area contributed by atoms with Crippen LogP contribution in [0.2, 0.25) is 0 Å². The van der Waals surface area contributed by atoms with Crippen LogP contribution in [0.1, 0.15) is 6.85 Å². The maximum atomic E-state index is 8.71. The van der Waals surface area contributed by atoms with E-state index >= 15 is 0 Å². The minimum atomic E-state index is -0.421. The Morgan fingerprint density at radius 3 is 1.38 bits per heavy atom. The largest absolute Gasteiger partial charge is 0.455 e. The summed E-state index contributed by atoms with van der Waals surface area (Å²) in [6.45, 7) is 0. The summed E-state index contributed by atoms with van der Waals surface area (Å²) >= 11 is 0. The molecule has 210 valence electrons. The van der Waals surface area contributed by atoms with Crippen LogP contribution in [0.15, 0.2) is 174 Å². The van der Waals surface area contributed by atoms with Gasteiger partial charge in [-0.3, -0.25) is 0 Å². The van der Waals surface area contributed by atoms with E-state index in [1.165, 1.54) is 0 Å². The van der Waals surface area contributed by atoms with Gasteiger partial charge in [-0.15, -0.1) is 0 Å². The first kappa shape index (κ1) is 20.9. The van der Waals surface area contributed by atoms with Gasteiger partial charge >= 0.3 is 0 Å². The predicted molar refractivity (Wildman–Crippen MR) is 190 cm³/mol. The van der Waals surface area contributed by atoms with E-state index in [0.29, 0.717) is 16.7 Å². The quantitative estimate of drug-likeness (QED) is 0.190. The normalized spacial score (nSPS) is 13.1. The zero-order valence-corrected chi connectivity index (χ0v) is 24.2. The molecule has 9 rings (SSSR count). The molecule has 0 unspecified atom stereocenters. The lowest BCUT2D eigenvalue weighted by Gasteiger charge is -2.17. The highest BCUT2D eigenvalue weighted by Crippen LogP contribution is 2.46. The number of fused-ring (bicyclic) bond motifs is 5. The van der Waals surface area contributed by atoms with Crippen molar-refractivity contribution in [3.05, 3.63) is 170 Å². The fourth-order valence-corrected chi connectivity index (χ4v) is 6.79. The van der Waals surface area contributed by atoms with E-state index in [0.717, 1.165) is 65.7 Å². The summed E-state index contributed by atoms with van der Waals surface area (Å²) in [5.41, 5.74) is 8.22. The Labute approximate surface area is 268 Å². The van der Waals surface area contributed by atoms with Crippen LogP contribution in [0.4, 0.5) is 0 Å². The standard InChI is InChI=1S/C44H28O/c1-4-14-29(15-5-1)32-20-10-23-35-40(32)28-41-33(30-16-6-2-7-17-30)21-11-24-36(41)42(35)39-27-13-26-38-37-25-12-22-34(43(37)45-44(38)39)31-18-8-3-9-19-31/h1-28H/i3D,8D,9D,18D,19D. The summed E-state index contributed by atoms with van der Waals surface area (Å²) in [4.78, 5) is 0. The second kappa shape index (κ2) is 10.4. The molecule has 0 saturated carbocycles. The molecule has 9 aromatic rings. The van der Waals surface area contributed by atoms with E-state index < -0.39 is 6.04 Å². The van der Waals surface area contributed by atoms with Crippen molar-refractivity contribution in [1.82, 2.24) is 0 Å². The van der Waals surface area contributed by atoms with E-state index in [9.17, 15) is 0 Å². The highest BCUT2D eigenvalue weighted by Gasteiger charge is 2.20. The van der Waals surface area contributed by atoms with E-state index in [1.54, 1.807) is 6.07 Å². The SMILES string of the molecule is [2H]c1c([2H])c([2H])c(-c2cccc3c2oc2c(-c4c5cccc(-c6ccccc6)c5cc5c(-c6ccccc6)cccc45)cccc23)c([2H])c1[2H]. The summed E-state index contributed by atoms with van der Waals surface area (Å²) in [5.74, 6) is 0. The lowest BCUT2D eigenvalue weighted by Crippen LogP contribution is -1.91. The zero-order chi connectivity index (χ0) is 34.1. The molecule has 0 bridgehead atoms. The fraction of sp³-hybridized carbons (Fsp3) is 0. The number of furan rings is 1. The van der Waals surface area contributed by atoms with E-state index in [2.05, 4.69) is 97.1 Å². The predicted octanol–water partition coefficient (Wildman–Crippen LogP) is 12.6. The van der Waals surface area contributed by atoms with Crippen LogP contribution in [0, 0.1) is 0 Å². The van der Waals surface area contributed by atoms with Crippen molar-refractivity contribution >= 4 is 43.5 Å². The smallest absolute Gasteiger partial charge is 0.143 e. The summed E-state index contributed by atoms with van der Waals surface area (Å²) < 4.78 is 49.0. The molecule has 0 N–H and O–H groups in total. The third kappa shape index (κ3) is 4.09. The fourth-order valence-electron chi connectivity index (χ4n) is 6.79. The van der Waals surface area contributed by atoms with Gasteiger partial charge in [0.25, 0.3) is 0 Å². The third-order valence-electron chi connectivity index (χ3n) is 8.77. The molecule has 8 aromatic carbocycles. The van der Waals surface area contributed by atoms with Gasteiger partial charge < -0.3 is 4.42 Å². The van der Waals surface area contributed by atoms with Gasteiger partial charge in [-0.1, -0.05) is 164 Å². The summed E-state index contributed by atoms with van der Waals surface area (Å²) in [7, 11) is 0. The van der Waals surface area contributed by atoms with E-state index in [4.69, 9.17) is 11.3 Å². The Bertz CT molecular complexity index is 2680. The van der Waals surface area contributed by atoms with Crippen LogP contribution in [0.5, 0.6) is 0 Å². The Morgan fingerprint density at radius 2 is 0.822 bits per heavy atom. The molecule has 45 heavy (non-hydrogen) atoms. The summed E-state index contributed by atoms with van der Waals surface area (Å²) in [5, 5.41) is 6.11. The van der Waals surface area contributed by atoms with Crippen molar-refractivity contribution in [2.75, 3.05) is 0 Å². The van der Waals surface area contributed by atoms with Crippen molar-refractivity contribution in [3.8, 4) is 44.5 Å². The van der Waals surface area contributed by atoms with Gasteiger partial charge in [0, 0.05) is 27.5 Å². The molecule has 1 heteroatoms. The maximum Gasteiger partial charge on any atom is 0.143 e. The van der Waals surface area contributed by atoms with E-state index in [1.807, 2.05) is 36.4 Å². The van der Waals surface area contributed by atoms with Crippen LogP contribution in [-0.4, -0.2) is 0 Å². The Hall–Kier alpha value is -5.92. The molecule has 0 radical (unpaired) electrons. The first-order chi connectivity index (χ1) is 24.4. The minimum absolute atomic E-state index is 0.123. The minimum Gasteiger partial charge on any atom is -0.455 e. The molecule has 1 heterocycles. The maximum absolute atomic E-state index is 8.71. The number of benzene rings is 8. The van der Waals surface area contributed by atoms with Crippen LogP contribution >= 0.6 is 0 Å². The van der Waals surface area contributed by atoms with Crippen molar-refractivity contribution in [2.45, 2.75) is 0 Å². The molecule has 0 aliphatic heterocycles. The first-order valence-corrected chi connectivity index (χ1v) is 15.0. The van der Waals surface area contributed by atoms with Gasteiger partial charge in [0.05, 0.1) is 6.85 Å². The van der Waals surface area contributed by atoms with Crippen molar-refractivity contribution in [3.63, 3.8) is 0 Å². The van der Waals surface area contributed by atoms with Gasteiger partial charge in [-0.25, -0.2) is 0 Å². The average molecular weight is 578 g/mol. The molecular weight excluding hydrogens is 544 g/mol. The highest BCUT2D eigenvalue weighted by atomic mass is 16.3. The molecule has 0 saturated heterocycles. The van der Waals surface area contributed by atoms with Gasteiger partial charge in [0.1, 0.15) is 11.2 Å². The Kier molecular flexibility index (Phi) is 4.81. The second-order valence-electron chi connectivity index (χ2n) is 11.3. The van der Waals surface area contributed by atoms with Crippen LogP contribution in [0.3, 0.4) is 0 Å². The molecule has 0 spiro atoms. The Morgan fingerprint density at radius 1 is 0.356 bits per heavy atom. The van der Waals surface area contributed by atoms with Gasteiger partial charge in [0.2, 0.25) is 0 Å². The molecule has 1 nitrogen and oxygen atoms in total. The average Bonchev–Trinajstić information content (AvgIpc) is 3.56. The molecule has 0 fully saturated rings. The zero-order valence-electron chi connectivity index (χ0n) is 29.2. The van der Waals surface area contributed by atoms with Gasteiger partial charge in [-0.05, 0) is 55.4 Å². The van der Waals surface area contributed by atoms with Crippen LogP contribution in [0.25, 0.3) is 88.0 Å². The number of para-hydroxylation sites is 2.